The first-order chi connectivity index (χ1) is 13.9. The summed E-state index contributed by atoms with van der Waals surface area (Å²) < 4.78 is 0. The Bertz CT molecular complexity index is 934. The van der Waals surface area contributed by atoms with E-state index in [0.29, 0.717) is 19.4 Å². The predicted molar refractivity (Wildman–Crippen MR) is 108 cm³/mol. The van der Waals surface area contributed by atoms with Gasteiger partial charge in [0.25, 0.3) is 5.91 Å². The Hall–Kier alpha value is -3.16. The van der Waals surface area contributed by atoms with Crippen molar-refractivity contribution in [3.05, 3.63) is 36.0 Å². The predicted octanol–water partition coefficient (Wildman–Crippen LogP) is 0.815. The van der Waals surface area contributed by atoms with Crippen LogP contribution in [0.1, 0.15) is 32.3 Å². The average Bonchev–Trinajstić information content (AvgIpc) is 3.11. The number of piperidine rings is 1. The lowest BCUT2D eigenvalue weighted by molar-refractivity contribution is -0.142. The Kier molecular flexibility index (Phi) is 6.31. The van der Waals surface area contributed by atoms with E-state index in [9.17, 15) is 19.2 Å². The van der Waals surface area contributed by atoms with Gasteiger partial charge in [-0.25, -0.2) is 0 Å². The van der Waals surface area contributed by atoms with Crippen molar-refractivity contribution in [1.82, 2.24) is 20.9 Å². The van der Waals surface area contributed by atoms with Gasteiger partial charge in [-0.15, -0.1) is 0 Å². The molecule has 154 valence electrons. The summed E-state index contributed by atoms with van der Waals surface area (Å²) in [7, 11) is 0. The van der Waals surface area contributed by atoms with Gasteiger partial charge < -0.3 is 20.9 Å². The number of nitrogens with one attached hydrogen (secondary N) is 4. The minimum atomic E-state index is -0.847. The van der Waals surface area contributed by atoms with Crippen molar-refractivity contribution in [2.75, 3.05) is 6.54 Å². The van der Waals surface area contributed by atoms with E-state index in [1.807, 2.05) is 44.3 Å². The van der Waals surface area contributed by atoms with Crippen LogP contribution in [0.3, 0.4) is 0 Å². The number of H-pyrrole nitrogens is 1. The third-order valence-electron chi connectivity index (χ3n) is 5.14. The summed E-state index contributed by atoms with van der Waals surface area (Å²) in [6.07, 6.45) is 3.02. The van der Waals surface area contributed by atoms with Gasteiger partial charge >= 0.3 is 0 Å². The van der Waals surface area contributed by atoms with Crippen LogP contribution in [0.2, 0.25) is 0 Å². The molecule has 0 saturated carbocycles. The second-order valence-electron chi connectivity index (χ2n) is 7.62. The number of ketones is 1. The summed E-state index contributed by atoms with van der Waals surface area (Å²) in [5.41, 5.74) is 2.06. The molecule has 8 nitrogen and oxygen atoms in total. The van der Waals surface area contributed by atoms with E-state index in [1.54, 1.807) is 0 Å². The van der Waals surface area contributed by atoms with Crippen molar-refractivity contribution in [2.45, 2.75) is 45.2 Å². The van der Waals surface area contributed by atoms with E-state index in [4.69, 9.17) is 0 Å². The molecule has 0 aliphatic carbocycles. The molecule has 3 amide bonds. The van der Waals surface area contributed by atoms with Gasteiger partial charge in [0.15, 0.2) is 0 Å². The number of Topliss-reactive ketones (excluding diaryl/α,β-unsaturated/α-hetero) is 1. The summed E-state index contributed by atoms with van der Waals surface area (Å²) in [5, 5.41) is 8.91. The molecular formula is C21H26N4O4. The van der Waals surface area contributed by atoms with E-state index in [1.165, 1.54) is 0 Å². The van der Waals surface area contributed by atoms with Gasteiger partial charge in [0.1, 0.15) is 6.04 Å². The number of hydrogen-bond donors (Lipinski definition) is 4. The summed E-state index contributed by atoms with van der Waals surface area (Å²) in [6.45, 7) is 3.97. The highest BCUT2D eigenvalue weighted by molar-refractivity contribution is 6.39. The molecule has 4 N–H and O–H groups in total. The van der Waals surface area contributed by atoms with Gasteiger partial charge in [0, 0.05) is 30.1 Å². The topological polar surface area (TPSA) is 120 Å². The van der Waals surface area contributed by atoms with Gasteiger partial charge in [-0.05, 0) is 30.4 Å². The number of para-hydroxylation sites is 1. The third-order valence-corrected chi connectivity index (χ3v) is 5.14. The zero-order valence-electron chi connectivity index (χ0n) is 16.6. The normalized spacial score (nSPS) is 17.8. The van der Waals surface area contributed by atoms with Crippen LogP contribution in [0.5, 0.6) is 0 Å². The second-order valence-corrected chi connectivity index (χ2v) is 7.62. The molecule has 1 aromatic heterocycles. The first kappa shape index (κ1) is 20.6. The maximum atomic E-state index is 12.6. The molecule has 1 aromatic carbocycles. The monoisotopic (exact) mass is 398 g/mol. The molecule has 3 rings (SSSR count). The number of aromatic nitrogens is 1. The Morgan fingerprint density at radius 1 is 1.21 bits per heavy atom. The molecule has 29 heavy (non-hydrogen) atoms. The SMILES string of the molecule is CC(C)C(NC(=O)CCc1c[nH]c2ccccc12)C(=O)NC1CCNC(=O)C1=O. The van der Waals surface area contributed by atoms with Gasteiger partial charge in [0.2, 0.25) is 17.6 Å². The second kappa shape index (κ2) is 8.89. The molecule has 1 fully saturated rings. The van der Waals surface area contributed by atoms with Gasteiger partial charge in [-0.2, -0.15) is 0 Å². The zero-order valence-corrected chi connectivity index (χ0v) is 16.6. The zero-order chi connectivity index (χ0) is 21.0. The number of aryl methyl sites for hydroxylation is 1. The summed E-state index contributed by atoms with van der Waals surface area (Å²) >= 11 is 0. The van der Waals surface area contributed by atoms with Crippen molar-refractivity contribution >= 4 is 34.4 Å². The fourth-order valence-corrected chi connectivity index (χ4v) is 3.47. The van der Waals surface area contributed by atoms with E-state index < -0.39 is 29.7 Å². The van der Waals surface area contributed by atoms with Crippen molar-refractivity contribution in [3.63, 3.8) is 0 Å². The van der Waals surface area contributed by atoms with Crippen molar-refractivity contribution < 1.29 is 19.2 Å². The number of hydrogen-bond acceptors (Lipinski definition) is 4. The summed E-state index contributed by atoms with van der Waals surface area (Å²) in [6, 6.07) is 6.25. The van der Waals surface area contributed by atoms with Crippen molar-refractivity contribution in [3.8, 4) is 0 Å². The first-order valence-corrected chi connectivity index (χ1v) is 9.83. The molecule has 0 radical (unpaired) electrons. The Labute approximate surface area is 168 Å². The molecule has 1 aliphatic heterocycles. The first-order valence-electron chi connectivity index (χ1n) is 9.83. The highest BCUT2D eigenvalue weighted by Gasteiger charge is 2.33. The van der Waals surface area contributed by atoms with E-state index in [0.717, 1.165) is 16.5 Å². The Morgan fingerprint density at radius 2 is 1.97 bits per heavy atom. The minimum absolute atomic E-state index is 0.167. The highest BCUT2D eigenvalue weighted by Crippen LogP contribution is 2.19. The van der Waals surface area contributed by atoms with Crippen LogP contribution >= 0.6 is 0 Å². The number of amides is 3. The van der Waals surface area contributed by atoms with Crippen LogP contribution in [-0.2, 0) is 25.6 Å². The quantitative estimate of drug-likeness (QED) is 0.516. The van der Waals surface area contributed by atoms with Crippen LogP contribution < -0.4 is 16.0 Å². The van der Waals surface area contributed by atoms with Crippen LogP contribution in [0, 0.1) is 5.92 Å². The van der Waals surface area contributed by atoms with E-state index in [2.05, 4.69) is 20.9 Å². The average molecular weight is 398 g/mol. The smallest absolute Gasteiger partial charge is 0.289 e. The molecule has 0 spiro atoms. The Balaban J connectivity index is 1.57. The number of aromatic amines is 1. The largest absolute Gasteiger partial charge is 0.361 e. The van der Waals surface area contributed by atoms with Crippen LogP contribution in [-0.4, -0.2) is 47.1 Å². The number of carbonyl (C=O) groups is 4. The number of rotatable bonds is 7. The van der Waals surface area contributed by atoms with Crippen LogP contribution in [0.4, 0.5) is 0 Å². The fourth-order valence-electron chi connectivity index (χ4n) is 3.47. The highest BCUT2D eigenvalue weighted by atomic mass is 16.2. The molecule has 1 saturated heterocycles. The molecule has 1 aliphatic rings. The van der Waals surface area contributed by atoms with E-state index >= 15 is 0 Å². The summed E-state index contributed by atoms with van der Waals surface area (Å²) in [4.78, 5) is 51.7. The number of carbonyl (C=O) groups excluding carboxylic acids is 4. The lowest BCUT2D eigenvalue weighted by Gasteiger charge is -2.26. The maximum Gasteiger partial charge on any atom is 0.289 e. The van der Waals surface area contributed by atoms with Crippen molar-refractivity contribution in [1.29, 1.82) is 0 Å². The Morgan fingerprint density at radius 3 is 2.72 bits per heavy atom. The van der Waals surface area contributed by atoms with Crippen molar-refractivity contribution in [2.24, 2.45) is 5.92 Å². The van der Waals surface area contributed by atoms with Gasteiger partial charge in [0.05, 0.1) is 6.04 Å². The lowest BCUT2D eigenvalue weighted by Crippen LogP contribution is -2.58. The molecule has 2 heterocycles. The van der Waals surface area contributed by atoms with Gasteiger partial charge in [-0.1, -0.05) is 32.0 Å². The molecule has 2 unspecified atom stereocenters. The van der Waals surface area contributed by atoms with E-state index in [-0.39, 0.29) is 18.2 Å². The summed E-state index contributed by atoms with van der Waals surface area (Å²) in [5.74, 6) is -2.20. The fraction of sp³-hybridized carbons (Fsp3) is 0.429. The molecule has 2 atom stereocenters. The number of benzene rings is 1. The standard InChI is InChI=1S/C21H26N4O4/c1-12(2)18(20(28)24-16-9-10-22-21(29)19(16)27)25-17(26)8-7-13-11-23-15-6-4-3-5-14(13)15/h3-6,11-12,16,18,23H,7-10H2,1-2H3,(H,22,29)(H,24,28)(H,25,26). The maximum absolute atomic E-state index is 12.6. The lowest BCUT2D eigenvalue weighted by atomic mass is 10.00. The van der Waals surface area contributed by atoms with Crippen LogP contribution in [0.25, 0.3) is 10.9 Å². The third kappa shape index (κ3) is 4.82. The molecule has 0 bridgehead atoms. The molecular weight excluding hydrogens is 372 g/mol. The number of fused-ring (bicyclic) bond motifs is 1. The van der Waals surface area contributed by atoms with Crippen LogP contribution in [0.15, 0.2) is 30.5 Å². The molecule has 2 aromatic rings. The minimum Gasteiger partial charge on any atom is -0.361 e. The van der Waals surface area contributed by atoms with Gasteiger partial charge in [-0.3, -0.25) is 19.2 Å². The molecule has 8 heteroatoms.